The third kappa shape index (κ3) is 2.04. The van der Waals surface area contributed by atoms with E-state index in [0.29, 0.717) is 16.3 Å². The standard InChI is InChI=1S/C11H11ClN2O3/c12-7-3-1-2-6-9(7)14-5-11(6,17)4-8(13)10(15)16/h1-3,5,8,17H,4,13H2,(H,15,16)/t8-,11?/m0/s1. The van der Waals surface area contributed by atoms with Crippen molar-refractivity contribution in [3.63, 3.8) is 0 Å². The Morgan fingerprint density at radius 3 is 2.94 bits per heavy atom. The molecule has 1 heterocycles. The number of halogens is 1. The molecule has 1 aliphatic heterocycles. The van der Waals surface area contributed by atoms with Crippen LogP contribution >= 0.6 is 11.6 Å². The van der Waals surface area contributed by atoms with Crippen LogP contribution in [-0.2, 0) is 10.4 Å². The van der Waals surface area contributed by atoms with Crippen LogP contribution < -0.4 is 5.73 Å². The molecule has 0 spiro atoms. The second kappa shape index (κ2) is 4.10. The smallest absolute Gasteiger partial charge is 0.320 e. The van der Waals surface area contributed by atoms with Gasteiger partial charge in [-0.2, -0.15) is 0 Å². The first-order chi connectivity index (χ1) is 7.94. The molecule has 2 atom stereocenters. The molecule has 1 unspecified atom stereocenters. The molecule has 0 radical (unpaired) electrons. The molecular weight excluding hydrogens is 244 g/mol. The number of fused-ring (bicyclic) bond motifs is 1. The molecule has 0 saturated carbocycles. The molecule has 90 valence electrons. The fourth-order valence-corrected chi connectivity index (χ4v) is 2.05. The summed E-state index contributed by atoms with van der Waals surface area (Å²) in [5.41, 5.74) is 4.92. The van der Waals surface area contributed by atoms with Crippen LogP contribution in [0.5, 0.6) is 0 Å². The fraction of sp³-hybridized carbons (Fsp3) is 0.273. The maximum Gasteiger partial charge on any atom is 0.320 e. The molecule has 17 heavy (non-hydrogen) atoms. The fourth-order valence-electron chi connectivity index (χ4n) is 1.82. The molecular formula is C11H11ClN2O3. The summed E-state index contributed by atoms with van der Waals surface area (Å²) < 4.78 is 0. The Bertz CT molecular complexity index is 503. The summed E-state index contributed by atoms with van der Waals surface area (Å²) in [4.78, 5) is 14.7. The minimum Gasteiger partial charge on any atom is -0.480 e. The number of aliphatic hydroxyl groups is 1. The SMILES string of the molecule is N[C@@H](CC1(O)C=Nc2c(Cl)cccc21)C(=O)O. The van der Waals surface area contributed by atoms with E-state index in [0.717, 1.165) is 0 Å². The Morgan fingerprint density at radius 2 is 2.29 bits per heavy atom. The second-order valence-electron chi connectivity index (χ2n) is 3.97. The largest absolute Gasteiger partial charge is 0.480 e. The van der Waals surface area contributed by atoms with Crippen molar-refractivity contribution in [2.75, 3.05) is 0 Å². The van der Waals surface area contributed by atoms with Gasteiger partial charge in [-0.15, -0.1) is 0 Å². The number of carbonyl (C=O) groups is 1. The summed E-state index contributed by atoms with van der Waals surface area (Å²) in [5.74, 6) is -1.16. The number of aliphatic carboxylic acids is 1. The van der Waals surface area contributed by atoms with Crippen molar-refractivity contribution < 1.29 is 15.0 Å². The molecule has 5 nitrogen and oxygen atoms in total. The van der Waals surface area contributed by atoms with Crippen molar-refractivity contribution in [1.82, 2.24) is 0 Å². The minimum absolute atomic E-state index is 0.140. The van der Waals surface area contributed by atoms with Crippen LogP contribution in [0.15, 0.2) is 23.2 Å². The second-order valence-corrected chi connectivity index (χ2v) is 4.37. The minimum atomic E-state index is -1.46. The number of para-hydroxylation sites is 1. The molecule has 0 saturated heterocycles. The zero-order chi connectivity index (χ0) is 12.6. The van der Waals surface area contributed by atoms with E-state index in [-0.39, 0.29) is 6.42 Å². The van der Waals surface area contributed by atoms with Crippen LogP contribution in [0.4, 0.5) is 5.69 Å². The number of benzene rings is 1. The summed E-state index contributed by atoms with van der Waals surface area (Å²) >= 11 is 5.92. The van der Waals surface area contributed by atoms with Gasteiger partial charge in [0.05, 0.1) is 10.7 Å². The van der Waals surface area contributed by atoms with Gasteiger partial charge in [0, 0.05) is 18.2 Å². The molecule has 4 N–H and O–H groups in total. The van der Waals surface area contributed by atoms with E-state index in [1.165, 1.54) is 6.21 Å². The highest BCUT2D eigenvalue weighted by atomic mass is 35.5. The molecule has 0 aliphatic carbocycles. The Kier molecular flexibility index (Phi) is 2.91. The van der Waals surface area contributed by atoms with Gasteiger partial charge in [0.1, 0.15) is 11.6 Å². The van der Waals surface area contributed by atoms with Crippen LogP contribution in [0.3, 0.4) is 0 Å². The zero-order valence-electron chi connectivity index (χ0n) is 8.80. The first-order valence-electron chi connectivity index (χ1n) is 4.99. The van der Waals surface area contributed by atoms with Crippen LogP contribution in [-0.4, -0.2) is 28.4 Å². The van der Waals surface area contributed by atoms with Crippen LogP contribution in [0.2, 0.25) is 5.02 Å². The predicted octanol–water partition coefficient (Wildman–Crippen LogP) is 1.05. The number of nitrogens with two attached hydrogens (primary N) is 1. The highest BCUT2D eigenvalue weighted by Gasteiger charge is 2.38. The predicted molar refractivity (Wildman–Crippen MR) is 63.7 cm³/mol. The van der Waals surface area contributed by atoms with Crippen molar-refractivity contribution in [3.05, 3.63) is 28.8 Å². The van der Waals surface area contributed by atoms with Crippen molar-refractivity contribution in [1.29, 1.82) is 0 Å². The molecule has 0 aromatic heterocycles. The molecule has 0 bridgehead atoms. The van der Waals surface area contributed by atoms with Gasteiger partial charge in [0.25, 0.3) is 0 Å². The van der Waals surface area contributed by atoms with Gasteiger partial charge in [0.15, 0.2) is 0 Å². The molecule has 1 aliphatic rings. The Labute approximate surface area is 103 Å². The third-order valence-corrected chi connectivity index (χ3v) is 3.01. The van der Waals surface area contributed by atoms with Crippen molar-refractivity contribution in [3.8, 4) is 0 Å². The Morgan fingerprint density at radius 1 is 1.59 bits per heavy atom. The maximum atomic E-state index is 10.7. The van der Waals surface area contributed by atoms with E-state index in [4.69, 9.17) is 22.4 Å². The molecule has 0 fully saturated rings. The molecule has 2 rings (SSSR count). The number of aliphatic imine (C=N–C) groups is 1. The average Bonchev–Trinajstić information content (AvgIpc) is 2.58. The molecule has 1 aromatic rings. The average molecular weight is 255 g/mol. The number of carboxylic acid groups (broad SMARTS) is 1. The number of hydrogen-bond donors (Lipinski definition) is 3. The van der Waals surface area contributed by atoms with E-state index in [1.54, 1.807) is 18.2 Å². The van der Waals surface area contributed by atoms with Crippen LogP contribution in [0.25, 0.3) is 0 Å². The Balaban J connectivity index is 2.35. The lowest BCUT2D eigenvalue weighted by molar-refractivity contribution is -0.139. The Hall–Kier alpha value is -1.43. The van der Waals surface area contributed by atoms with Gasteiger partial charge in [0.2, 0.25) is 0 Å². The van der Waals surface area contributed by atoms with E-state index < -0.39 is 17.6 Å². The molecule has 1 aromatic carbocycles. The van der Waals surface area contributed by atoms with Gasteiger partial charge < -0.3 is 15.9 Å². The van der Waals surface area contributed by atoms with Gasteiger partial charge in [-0.3, -0.25) is 9.79 Å². The van der Waals surface area contributed by atoms with E-state index >= 15 is 0 Å². The summed E-state index contributed by atoms with van der Waals surface area (Å²) in [6, 6.07) is 3.83. The van der Waals surface area contributed by atoms with E-state index in [1.807, 2.05) is 0 Å². The molecule has 0 amide bonds. The summed E-state index contributed by atoms with van der Waals surface area (Å²) in [6.45, 7) is 0. The third-order valence-electron chi connectivity index (χ3n) is 2.71. The highest BCUT2D eigenvalue weighted by Crippen LogP contribution is 2.41. The number of nitrogens with zero attached hydrogens (tertiary/aromatic N) is 1. The van der Waals surface area contributed by atoms with Gasteiger partial charge in [-0.05, 0) is 6.07 Å². The van der Waals surface area contributed by atoms with E-state index in [2.05, 4.69) is 4.99 Å². The van der Waals surface area contributed by atoms with Gasteiger partial charge >= 0.3 is 5.97 Å². The summed E-state index contributed by atoms with van der Waals surface area (Å²) in [7, 11) is 0. The lowest BCUT2D eigenvalue weighted by atomic mass is 9.89. The molecule has 6 heteroatoms. The van der Waals surface area contributed by atoms with Gasteiger partial charge in [-0.1, -0.05) is 23.7 Å². The monoisotopic (exact) mass is 254 g/mol. The quantitative estimate of drug-likeness (QED) is 0.751. The topological polar surface area (TPSA) is 95.9 Å². The van der Waals surface area contributed by atoms with Gasteiger partial charge in [-0.25, -0.2) is 0 Å². The first-order valence-corrected chi connectivity index (χ1v) is 5.37. The highest BCUT2D eigenvalue weighted by molar-refractivity contribution is 6.33. The number of rotatable bonds is 3. The lowest BCUT2D eigenvalue weighted by Gasteiger charge is -2.23. The maximum absolute atomic E-state index is 10.7. The normalized spacial score (nSPS) is 23.5. The van der Waals surface area contributed by atoms with E-state index in [9.17, 15) is 9.90 Å². The number of hydrogen-bond acceptors (Lipinski definition) is 4. The van der Waals surface area contributed by atoms with Crippen molar-refractivity contribution >= 4 is 29.5 Å². The first kappa shape index (κ1) is 12.0. The van der Waals surface area contributed by atoms with Crippen molar-refractivity contribution in [2.45, 2.75) is 18.1 Å². The summed E-state index contributed by atoms with van der Waals surface area (Å²) in [6.07, 6.45) is 1.14. The van der Waals surface area contributed by atoms with Crippen molar-refractivity contribution in [2.24, 2.45) is 10.7 Å². The van der Waals surface area contributed by atoms with Crippen LogP contribution in [0, 0.1) is 0 Å². The zero-order valence-corrected chi connectivity index (χ0v) is 9.55. The number of carboxylic acids is 1. The van der Waals surface area contributed by atoms with Crippen LogP contribution in [0.1, 0.15) is 12.0 Å². The lowest BCUT2D eigenvalue weighted by Crippen LogP contribution is -2.39. The summed E-state index contributed by atoms with van der Waals surface area (Å²) in [5, 5.41) is 19.5.